The first-order valence-corrected chi connectivity index (χ1v) is 8.15. The molecule has 1 saturated carbocycles. The molecule has 1 saturated heterocycles. The van der Waals surface area contributed by atoms with E-state index in [1.807, 2.05) is 4.90 Å². The van der Waals surface area contributed by atoms with Gasteiger partial charge in [-0.2, -0.15) is 0 Å². The minimum atomic E-state index is -0.0805. The molecule has 6 nitrogen and oxygen atoms in total. The third kappa shape index (κ3) is 2.51. The van der Waals surface area contributed by atoms with Crippen molar-refractivity contribution in [3.63, 3.8) is 0 Å². The molecule has 0 aromatic carbocycles. The van der Waals surface area contributed by atoms with Gasteiger partial charge in [-0.15, -0.1) is 0 Å². The molecule has 3 unspecified atom stereocenters. The molecule has 1 aliphatic carbocycles. The Labute approximate surface area is 138 Å². The smallest absolute Gasteiger partial charge is 0.274 e. The van der Waals surface area contributed by atoms with E-state index in [4.69, 9.17) is 21.1 Å². The molecule has 0 spiro atoms. The summed E-state index contributed by atoms with van der Waals surface area (Å²) in [6.07, 6.45) is 5.32. The maximum atomic E-state index is 13.0. The van der Waals surface area contributed by atoms with Crippen LogP contribution in [0.25, 0.3) is 5.65 Å². The number of nitrogens with zero attached hydrogens (tertiary/aromatic N) is 3. The molecule has 3 heterocycles. The number of amides is 1. The molecular weight excluding hydrogens is 318 g/mol. The lowest BCUT2D eigenvalue weighted by Crippen LogP contribution is -2.46. The number of ether oxygens (including phenoxy) is 2. The zero-order chi connectivity index (χ0) is 16.0. The third-order valence-corrected chi connectivity index (χ3v) is 4.95. The lowest BCUT2D eigenvalue weighted by atomic mass is 10.1. The van der Waals surface area contributed by atoms with E-state index in [2.05, 4.69) is 4.98 Å². The van der Waals surface area contributed by atoms with E-state index in [0.717, 1.165) is 12.8 Å². The molecule has 2 aromatic heterocycles. The molecule has 122 valence electrons. The highest BCUT2D eigenvalue weighted by Gasteiger charge is 2.44. The topological polar surface area (TPSA) is 56.1 Å². The van der Waals surface area contributed by atoms with Gasteiger partial charge in [-0.05, 0) is 25.0 Å². The minimum Gasteiger partial charge on any atom is -0.377 e. The van der Waals surface area contributed by atoms with Crippen LogP contribution in [-0.2, 0) is 9.47 Å². The number of fused-ring (bicyclic) bond motifs is 3. The molecule has 7 heteroatoms. The van der Waals surface area contributed by atoms with E-state index in [1.54, 1.807) is 36.0 Å². The summed E-state index contributed by atoms with van der Waals surface area (Å²) in [5, 5.41) is 0.607. The molecular formula is C16H18ClN3O3. The van der Waals surface area contributed by atoms with Crippen LogP contribution in [0.3, 0.4) is 0 Å². The van der Waals surface area contributed by atoms with Crippen molar-refractivity contribution in [2.24, 2.45) is 0 Å². The second-order valence-corrected chi connectivity index (χ2v) is 6.43. The van der Waals surface area contributed by atoms with Crippen LogP contribution < -0.4 is 0 Å². The fraction of sp³-hybridized carbons (Fsp3) is 0.500. The Morgan fingerprint density at radius 3 is 3.09 bits per heavy atom. The maximum Gasteiger partial charge on any atom is 0.274 e. The largest absolute Gasteiger partial charge is 0.377 e. The van der Waals surface area contributed by atoms with Crippen molar-refractivity contribution in [1.82, 2.24) is 14.3 Å². The first kappa shape index (κ1) is 14.9. The highest BCUT2D eigenvalue weighted by molar-refractivity contribution is 6.30. The highest BCUT2D eigenvalue weighted by Crippen LogP contribution is 2.32. The molecule has 3 atom stereocenters. The van der Waals surface area contributed by atoms with Crippen LogP contribution >= 0.6 is 11.6 Å². The van der Waals surface area contributed by atoms with Crippen LogP contribution in [-0.4, -0.2) is 58.7 Å². The number of carbonyl (C=O) groups excluding carboxylic acids is 1. The fourth-order valence-corrected chi connectivity index (χ4v) is 3.83. The summed E-state index contributed by atoms with van der Waals surface area (Å²) in [6.45, 7) is 1.10. The van der Waals surface area contributed by atoms with Crippen LogP contribution in [0.5, 0.6) is 0 Å². The molecule has 0 radical (unpaired) electrons. The summed E-state index contributed by atoms with van der Waals surface area (Å²) in [5.41, 5.74) is 1.13. The molecule has 2 aromatic rings. The average molecular weight is 336 g/mol. The van der Waals surface area contributed by atoms with E-state index in [1.165, 1.54) is 0 Å². The van der Waals surface area contributed by atoms with Crippen LogP contribution in [0.1, 0.15) is 23.3 Å². The molecule has 2 aliphatic rings. The van der Waals surface area contributed by atoms with Crippen molar-refractivity contribution in [1.29, 1.82) is 0 Å². The maximum absolute atomic E-state index is 13.0. The lowest BCUT2D eigenvalue weighted by Gasteiger charge is -2.30. The summed E-state index contributed by atoms with van der Waals surface area (Å²) >= 11 is 5.99. The SMILES string of the molecule is COC1C2CCC1N(C(=O)c1cn3cc(Cl)ccc3n1)CCO2. The number of aromatic nitrogens is 2. The van der Waals surface area contributed by atoms with Gasteiger partial charge >= 0.3 is 0 Å². The Morgan fingerprint density at radius 2 is 2.26 bits per heavy atom. The third-order valence-electron chi connectivity index (χ3n) is 4.72. The Kier molecular flexibility index (Phi) is 3.75. The van der Waals surface area contributed by atoms with E-state index in [9.17, 15) is 4.79 Å². The molecule has 23 heavy (non-hydrogen) atoms. The summed E-state index contributed by atoms with van der Waals surface area (Å²) in [4.78, 5) is 19.2. The summed E-state index contributed by atoms with van der Waals surface area (Å²) in [7, 11) is 1.68. The quantitative estimate of drug-likeness (QED) is 0.842. The standard InChI is InChI=1S/C16H18ClN3O3/c1-22-15-12-3-4-13(15)23-7-6-20(12)16(21)11-9-19-8-10(17)2-5-14(19)18-11/h2,5,8-9,12-13,15H,3-4,6-7H2,1H3. The number of methoxy groups -OCH3 is 1. The number of pyridine rings is 1. The Hall–Kier alpha value is -1.63. The van der Waals surface area contributed by atoms with Crippen LogP contribution in [0.2, 0.25) is 5.02 Å². The van der Waals surface area contributed by atoms with Gasteiger partial charge in [0.1, 0.15) is 17.4 Å². The molecule has 0 N–H and O–H groups in total. The zero-order valence-electron chi connectivity index (χ0n) is 12.8. The molecule has 2 fully saturated rings. The summed E-state index contributed by atoms with van der Waals surface area (Å²) in [5.74, 6) is -0.0805. The van der Waals surface area contributed by atoms with Gasteiger partial charge in [0.2, 0.25) is 0 Å². The van der Waals surface area contributed by atoms with Gasteiger partial charge in [-0.3, -0.25) is 4.79 Å². The molecule has 1 amide bonds. The van der Waals surface area contributed by atoms with Gasteiger partial charge < -0.3 is 18.8 Å². The van der Waals surface area contributed by atoms with E-state index in [0.29, 0.717) is 29.5 Å². The summed E-state index contributed by atoms with van der Waals surface area (Å²) in [6, 6.07) is 3.61. The zero-order valence-corrected chi connectivity index (χ0v) is 13.6. The van der Waals surface area contributed by atoms with Gasteiger partial charge in [-0.25, -0.2) is 4.98 Å². The van der Waals surface area contributed by atoms with Crippen molar-refractivity contribution in [2.75, 3.05) is 20.3 Å². The van der Waals surface area contributed by atoms with Crippen molar-refractivity contribution in [2.45, 2.75) is 31.1 Å². The number of halogens is 1. The van der Waals surface area contributed by atoms with E-state index >= 15 is 0 Å². The number of rotatable bonds is 2. The first-order valence-electron chi connectivity index (χ1n) is 7.77. The van der Waals surface area contributed by atoms with Crippen molar-refractivity contribution >= 4 is 23.2 Å². The van der Waals surface area contributed by atoms with Gasteiger partial charge in [-0.1, -0.05) is 11.6 Å². The molecule has 1 aliphatic heterocycles. The molecule has 2 bridgehead atoms. The predicted octanol–water partition coefficient (Wildman–Crippen LogP) is 2.01. The van der Waals surface area contributed by atoms with Crippen molar-refractivity contribution in [3.8, 4) is 0 Å². The number of hydrogen-bond acceptors (Lipinski definition) is 4. The van der Waals surface area contributed by atoms with Crippen LogP contribution in [0.15, 0.2) is 24.5 Å². The monoisotopic (exact) mass is 335 g/mol. The highest BCUT2D eigenvalue weighted by atomic mass is 35.5. The van der Waals surface area contributed by atoms with Crippen LogP contribution in [0, 0.1) is 0 Å². The Morgan fingerprint density at radius 1 is 1.39 bits per heavy atom. The van der Waals surface area contributed by atoms with Gasteiger partial charge in [0.25, 0.3) is 5.91 Å². The number of imidazole rings is 1. The molecule has 4 rings (SSSR count). The first-order chi connectivity index (χ1) is 11.2. The van der Waals surface area contributed by atoms with Crippen molar-refractivity contribution < 1.29 is 14.3 Å². The van der Waals surface area contributed by atoms with Crippen molar-refractivity contribution in [3.05, 3.63) is 35.2 Å². The van der Waals surface area contributed by atoms with Gasteiger partial charge in [0.05, 0.1) is 23.8 Å². The fourth-order valence-electron chi connectivity index (χ4n) is 3.67. The predicted molar refractivity (Wildman–Crippen MR) is 84.8 cm³/mol. The average Bonchev–Trinajstić information content (AvgIpc) is 3.07. The second-order valence-electron chi connectivity index (χ2n) is 5.99. The van der Waals surface area contributed by atoms with Gasteiger partial charge in [0, 0.05) is 26.0 Å². The van der Waals surface area contributed by atoms with Gasteiger partial charge in [0.15, 0.2) is 0 Å². The normalized spacial score (nSPS) is 27.4. The van der Waals surface area contributed by atoms with Crippen LogP contribution in [0.4, 0.5) is 0 Å². The minimum absolute atomic E-state index is 0.0494. The number of carbonyl (C=O) groups is 1. The van der Waals surface area contributed by atoms with E-state index < -0.39 is 0 Å². The lowest BCUT2D eigenvalue weighted by molar-refractivity contribution is -0.0316. The second kappa shape index (κ2) is 5.78. The Bertz CT molecular complexity index is 747. The number of hydrogen-bond donors (Lipinski definition) is 0. The summed E-state index contributed by atoms with van der Waals surface area (Å²) < 4.78 is 13.2. The van der Waals surface area contributed by atoms with E-state index in [-0.39, 0.29) is 24.2 Å². The Balaban J connectivity index is 1.66.